The summed E-state index contributed by atoms with van der Waals surface area (Å²) in [6.07, 6.45) is 1.39. The monoisotopic (exact) mass is 257 g/mol. The van der Waals surface area contributed by atoms with Crippen molar-refractivity contribution in [1.29, 1.82) is 0 Å². The molecule has 0 saturated carbocycles. The predicted octanol–water partition coefficient (Wildman–Crippen LogP) is 2.37. The highest BCUT2D eigenvalue weighted by Crippen LogP contribution is 2.36. The van der Waals surface area contributed by atoms with Crippen molar-refractivity contribution in [2.24, 2.45) is 16.7 Å². The van der Waals surface area contributed by atoms with Gasteiger partial charge in [0, 0.05) is 0 Å². The number of hydrogen-bond acceptors (Lipinski definition) is 3. The summed E-state index contributed by atoms with van der Waals surface area (Å²) in [6.45, 7) is 13.1. The van der Waals surface area contributed by atoms with Gasteiger partial charge < -0.3 is 10.1 Å². The molecule has 0 aromatic heterocycles. The van der Waals surface area contributed by atoms with E-state index in [1.165, 1.54) is 0 Å². The van der Waals surface area contributed by atoms with E-state index in [2.05, 4.69) is 26.1 Å². The topological polar surface area (TPSA) is 55.4 Å². The Balaban J connectivity index is 4.48. The molecule has 106 valence electrons. The molecule has 1 atom stereocenters. The Morgan fingerprint density at radius 3 is 2.17 bits per heavy atom. The summed E-state index contributed by atoms with van der Waals surface area (Å²) in [4.78, 5) is 22.2. The van der Waals surface area contributed by atoms with Crippen LogP contribution in [0.2, 0.25) is 0 Å². The third-order valence-electron chi connectivity index (χ3n) is 2.72. The number of rotatable bonds is 6. The van der Waals surface area contributed by atoms with Crippen LogP contribution < -0.4 is 5.32 Å². The van der Waals surface area contributed by atoms with Crippen molar-refractivity contribution < 1.29 is 14.3 Å². The molecule has 0 aromatic carbocycles. The zero-order chi connectivity index (χ0) is 14.4. The molecule has 0 fully saturated rings. The predicted molar refractivity (Wildman–Crippen MR) is 72.0 cm³/mol. The normalized spacial score (nSPS) is 13.9. The molecule has 0 aliphatic carbocycles. The molecule has 1 amide bonds. The molecule has 0 aromatic rings. The average molecular weight is 257 g/mol. The fraction of sp³-hybridized carbons (Fsp3) is 0.857. The maximum Gasteiger partial charge on any atom is 0.309 e. The number of ether oxygens (including phenoxy) is 1. The van der Waals surface area contributed by atoms with Gasteiger partial charge in [0.1, 0.15) is 6.61 Å². The van der Waals surface area contributed by atoms with Crippen LogP contribution in [0.1, 0.15) is 48.0 Å². The van der Waals surface area contributed by atoms with E-state index in [4.69, 9.17) is 4.74 Å². The molecule has 0 aliphatic rings. The summed E-state index contributed by atoms with van der Waals surface area (Å²) in [7, 11) is 0. The number of carbonyl (C=O) groups is 2. The number of amides is 1. The molecule has 4 heteroatoms. The standard InChI is InChI=1S/C14H27NO3/c1-13(2,3)9-11(14(4,5)6)12(17)18-8-7-15-10-16/h10-11H,7-9H2,1-6H3,(H,15,16). The van der Waals surface area contributed by atoms with E-state index in [1.807, 2.05) is 20.8 Å². The fourth-order valence-electron chi connectivity index (χ4n) is 1.73. The lowest BCUT2D eigenvalue weighted by molar-refractivity contribution is -0.153. The summed E-state index contributed by atoms with van der Waals surface area (Å²) in [5.41, 5.74) is -0.0412. The van der Waals surface area contributed by atoms with E-state index in [-0.39, 0.29) is 29.3 Å². The van der Waals surface area contributed by atoms with Gasteiger partial charge in [-0.1, -0.05) is 41.5 Å². The third kappa shape index (κ3) is 7.30. The SMILES string of the molecule is CC(C)(C)CC(C(=O)OCCNC=O)C(C)(C)C. The number of nitrogens with one attached hydrogen (secondary N) is 1. The smallest absolute Gasteiger partial charge is 0.309 e. The molecule has 0 spiro atoms. The van der Waals surface area contributed by atoms with Gasteiger partial charge in [-0.15, -0.1) is 0 Å². The molecule has 0 saturated heterocycles. The van der Waals surface area contributed by atoms with Crippen molar-refractivity contribution in [1.82, 2.24) is 5.32 Å². The van der Waals surface area contributed by atoms with Crippen LogP contribution in [0.3, 0.4) is 0 Å². The highest BCUT2D eigenvalue weighted by atomic mass is 16.5. The minimum atomic E-state index is -0.176. The molecule has 1 N–H and O–H groups in total. The first-order valence-corrected chi connectivity index (χ1v) is 6.41. The maximum absolute atomic E-state index is 12.1. The molecule has 18 heavy (non-hydrogen) atoms. The maximum atomic E-state index is 12.1. The van der Waals surface area contributed by atoms with Gasteiger partial charge in [0.05, 0.1) is 12.5 Å². The number of carbonyl (C=O) groups excluding carboxylic acids is 2. The third-order valence-corrected chi connectivity index (χ3v) is 2.72. The van der Waals surface area contributed by atoms with Crippen molar-refractivity contribution in [3.8, 4) is 0 Å². The van der Waals surface area contributed by atoms with Gasteiger partial charge in [0.15, 0.2) is 0 Å². The van der Waals surface area contributed by atoms with Crippen molar-refractivity contribution >= 4 is 12.4 Å². The second kappa shape index (κ2) is 6.76. The van der Waals surface area contributed by atoms with Crippen LogP contribution in [0.4, 0.5) is 0 Å². The van der Waals surface area contributed by atoms with Crippen LogP contribution in [0.5, 0.6) is 0 Å². The summed E-state index contributed by atoms with van der Waals surface area (Å²) in [6, 6.07) is 0. The van der Waals surface area contributed by atoms with Gasteiger partial charge >= 0.3 is 5.97 Å². The summed E-state index contributed by atoms with van der Waals surface area (Å²) in [5.74, 6) is -0.307. The van der Waals surface area contributed by atoms with Gasteiger partial charge in [-0.25, -0.2) is 0 Å². The van der Waals surface area contributed by atoms with Gasteiger partial charge in [-0.3, -0.25) is 9.59 Å². The molecule has 1 unspecified atom stereocenters. The fourth-order valence-corrected chi connectivity index (χ4v) is 1.73. The molecule has 4 nitrogen and oxygen atoms in total. The highest BCUT2D eigenvalue weighted by molar-refractivity contribution is 5.73. The van der Waals surface area contributed by atoms with Gasteiger partial charge in [-0.2, -0.15) is 0 Å². The minimum absolute atomic E-state index is 0.0814. The van der Waals surface area contributed by atoms with E-state index < -0.39 is 0 Å². The van der Waals surface area contributed by atoms with Crippen molar-refractivity contribution in [3.05, 3.63) is 0 Å². The Bertz CT molecular complexity index is 274. The lowest BCUT2D eigenvalue weighted by Crippen LogP contribution is -2.34. The molecular weight excluding hydrogens is 230 g/mol. The van der Waals surface area contributed by atoms with E-state index >= 15 is 0 Å². The van der Waals surface area contributed by atoms with Crippen LogP contribution >= 0.6 is 0 Å². The number of hydrogen-bond donors (Lipinski definition) is 1. The van der Waals surface area contributed by atoms with Crippen molar-refractivity contribution in [2.75, 3.05) is 13.2 Å². The van der Waals surface area contributed by atoms with E-state index in [1.54, 1.807) is 0 Å². The van der Waals surface area contributed by atoms with E-state index in [0.717, 1.165) is 6.42 Å². The molecule has 0 rings (SSSR count). The Morgan fingerprint density at radius 2 is 1.78 bits per heavy atom. The first-order valence-electron chi connectivity index (χ1n) is 6.41. The van der Waals surface area contributed by atoms with E-state index in [0.29, 0.717) is 13.0 Å². The van der Waals surface area contributed by atoms with Gasteiger partial charge in [0.25, 0.3) is 0 Å². The van der Waals surface area contributed by atoms with E-state index in [9.17, 15) is 9.59 Å². The zero-order valence-corrected chi connectivity index (χ0v) is 12.5. The molecular formula is C14H27NO3. The van der Waals surface area contributed by atoms with Crippen molar-refractivity contribution in [3.63, 3.8) is 0 Å². The summed E-state index contributed by atoms with van der Waals surface area (Å²) in [5, 5.41) is 2.47. The lowest BCUT2D eigenvalue weighted by Gasteiger charge is -2.33. The lowest BCUT2D eigenvalue weighted by atomic mass is 9.72. The second-order valence-corrected chi connectivity index (χ2v) is 6.92. The Morgan fingerprint density at radius 1 is 1.22 bits per heavy atom. The van der Waals surface area contributed by atoms with Crippen molar-refractivity contribution in [2.45, 2.75) is 48.0 Å². The first kappa shape index (κ1) is 16.9. The average Bonchev–Trinajstić information content (AvgIpc) is 2.18. The minimum Gasteiger partial charge on any atom is -0.464 e. The molecule has 0 heterocycles. The van der Waals surface area contributed by atoms with Crippen LogP contribution in [0, 0.1) is 16.7 Å². The van der Waals surface area contributed by atoms with Crippen LogP contribution in [-0.4, -0.2) is 25.5 Å². The Labute approximate surface area is 110 Å². The van der Waals surface area contributed by atoms with Crippen LogP contribution in [-0.2, 0) is 14.3 Å². The van der Waals surface area contributed by atoms with Crippen LogP contribution in [0.15, 0.2) is 0 Å². The summed E-state index contributed by atoms with van der Waals surface area (Å²) < 4.78 is 5.22. The van der Waals surface area contributed by atoms with Gasteiger partial charge in [-0.05, 0) is 17.3 Å². The Hall–Kier alpha value is -1.06. The molecule has 0 bridgehead atoms. The Kier molecular flexibility index (Phi) is 6.36. The van der Waals surface area contributed by atoms with Crippen LogP contribution in [0.25, 0.3) is 0 Å². The highest BCUT2D eigenvalue weighted by Gasteiger charge is 2.35. The van der Waals surface area contributed by atoms with Gasteiger partial charge in [0.2, 0.25) is 6.41 Å². The summed E-state index contributed by atoms with van der Waals surface area (Å²) >= 11 is 0. The molecule has 0 aliphatic heterocycles. The zero-order valence-electron chi connectivity index (χ0n) is 12.5. The molecule has 0 radical (unpaired) electrons. The largest absolute Gasteiger partial charge is 0.464 e. The first-order chi connectivity index (χ1) is 8.08. The second-order valence-electron chi connectivity index (χ2n) is 6.92. The number of esters is 1. The quantitative estimate of drug-likeness (QED) is 0.451.